The van der Waals surface area contributed by atoms with Gasteiger partial charge in [-0.15, -0.1) is 0 Å². The third-order valence-electron chi connectivity index (χ3n) is 1.41. The van der Waals surface area contributed by atoms with Crippen LogP contribution in [0.2, 0.25) is 0 Å². The van der Waals surface area contributed by atoms with Crippen molar-refractivity contribution in [3.05, 3.63) is 34.1 Å². The first kappa shape index (κ1) is 7.80. The largest absolute Gasteiger partial charge is 0.205 e. The molecular formula is C7H7BBrF. The molecule has 0 aliphatic carbocycles. The van der Waals surface area contributed by atoms with Crippen molar-refractivity contribution in [1.29, 1.82) is 0 Å². The first-order valence-electron chi connectivity index (χ1n) is 3.18. The van der Waals surface area contributed by atoms with Gasteiger partial charge in [0, 0.05) is 0 Å². The second-order valence-corrected chi connectivity index (χ2v) is 2.92. The Morgan fingerprint density at radius 2 is 2.20 bits per heavy atom. The maximum atomic E-state index is 13.0. The molecule has 1 aromatic carbocycles. The zero-order chi connectivity index (χ0) is 7.56. The van der Waals surface area contributed by atoms with E-state index in [2.05, 4.69) is 15.9 Å². The minimum Gasteiger partial charge on any atom is -0.205 e. The molecule has 0 amide bonds. The summed E-state index contributed by atoms with van der Waals surface area (Å²) in [6, 6.07) is 5.33. The Balaban J connectivity index is 3.14. The van der Waals surface area contributed by atoms with E-state index in [4.69, 9.17) is 0 Å². The van der Waals surface area contributed by atoms with Crippen LogP contribution in [0.3, 0.4) is 0 Å². The topological polar surface area (TPSA) is 0 Å². The van der Waals surface area contributed by atoms with Crippen LogP contribution in [0.5, 0.6) is 0 Å². The molecule has 0 unspecified atom stereocenters. The second-order valence-electron chi connectivity index (χ2n) is 2.07. The van der Waals surface area contributed by atoms with Crippen LogP contribution in [0.1, 0.15) is 5.56 Å². The van der Waals surface area contributed by atoms with Gasteiger partial charge in [0.2, 0.25) is 0 Å². The molecule has 52 valence electrons. The molecule has 0 bridgehead atoms. The van der Waals surface area contributed by atoms with Crippen LogP contribution < -0.4 is 0 Å². The SMILES string of the molecule is BCc1cccc(Br)c1F. The summed E-state index contributed by atoms with van der Waals surface area (Å²) in [6.07, 6.45) is 0.741. The molecule has 0 aromatic heterocycles. The van der Waals surface area contributed by atoms with Crippen LogP contribution in [-0.2, 0) is 6.32 Å². The standard InChI is InChI=1S/C7H7BBrF/c8-4-5-2-1-3-6(9)7(5)10/h1-3H,4,8H2. The van der Waals surface area contributed by atoms with Gasteiger partial charge in [-0.2, -0.15) is 0 Å². The fraction of sp³-hybridized carbons (Fsp3) is 0.143. The summed E-state index contributed by atoms with van der Waals surface area (Å²) in [7, 11) is 1.94. The molecule has 0 aliphatic rings. The fourth-order valence-electron chi connectivity index (χ4n) is 0.822. The third-order valence-corrected chi connectivity index (χ3v) is 2.02. The van der Waals surface area contributed by atoms with E-state index in [1.165, 1.54) is 0 Å². The van der Waals surface area contributed by atoms with Crippen molar-refractivity contribution in [1.82, 2.24) is 0 Å². The quantitative estimate of drug-likeness (QED) is 0.606. The van der Waals surface area contributed by atoms with Gasteiger partial charge in [-0.25, -0.2) is 4.39 Å². The van der Waals surface area contributed by atoms with E-state index in [1.807, 2.05) is 13.9 Å². The highest BCUT2D eigenvalue weighted by molar-refractivity contribution is 9.10. The molecule has 3 heteroatoms. The van der Waals surface area contributed by atoms with Crippen molar-refractivity contribution >= 4 is 23.8 Å². The van der Waals surface area contributed by atoms with E-state index in [-0.39, 0.29) is 5.82 Å². The summed E-state index contributed by atoms with van der Waals surface area (Å²) in [5.74, 6) is -0.134. The monoisotopic (exact) mass is 200 g/mol. The average Bonchev–Trinajstić information content (AvgIpc) is 1.95. The van der Waals surface area contributed by atoms with E-state index >= 15 is 0 Å². The Labute approximate surface area is 69.0 Å². The lowest BCUT2D eigenvalue weighted by atomic mass is 9.97. The van der Waals surface area contributed by atoms with Crippen molar-refractivity contribution in [2.24, 2.45) is 0 Å². The predicted octanol–water partition coefficient (Wildman–Crippen LogP) is 1.72. The summed E-state index contributed by atoms with van der Waals surface area (Å²) in [4.78, 5) is 0. The minimum atomic E-state index is -0.134. The Morgan fingerprint density at radius 3 is 2.70 bits per heavy atom. The van der Waals surface area contributed by atoms with Crippen molar-refractivity contribution in [3.8, 4) is 0 Å². The Bertz CT molecular complexity index is 237. The smallest absolute Gasteiger partial charge is 0.139 e. The van der Waals surface area contributed by atoms with Crippen molar-refractivity contribution in [2.45, 2.75) is 6.32 Å². The van der Waals surface area contributed by atoms with Crippen LogP contribution in [-0.4, -0.2) is 7.85 Å². The molecule has 0 nitrogen and oxygen atoms in total. The number of benzene rings is 1. The van der Waals surface area contributed by atoms with Gasteiger partial charge < -0.3 is 0 Å². The van der Waals surface area contributed by atoms with Crippen LogP contribution in [0.4, 0.5) is 4.39 Å². The van der Waals surface area contributed by atoms with E-state index in [1.54, 1.807) is 12.1 Å². The normalized spacial score (nSPS) is 9.80. The highest BCUT2D eigenvalue weighted by atomic mass is 79.9. The van der Waals surface area contributed by atoms with E-state index in [9.17, 15) is 4.39 Å². The van der Waals surface area contributed by atoms with Crippen molar-refractivity contribution in [2.75, 3.05) is 0 Å². The summed E-state index contributed by atoms with van der Waals surface area (Å²) >= 11 is 3.11. The maximum Gasteiger partial charge on any atom is 0.139 e. The van der Waals surface area contributed by atoms with Crippen LogP contribution in [0.25, 0.3) is 0 Å². The zero-order valence-electron chi connectivity index (χ0n) is 5.70. The Hall–Kier alpha value is -0.305. The molecule has 0 spiro atoms. The van der Waals surface area contributed by atoms with E-state index in [0.717, 1.165) is 11.9 Å². The van der Waals surface area contributed by atoms with Crippen LogP contribution in [0.15, 0.2) is 22.7 Å². The van der Waals surface area contributed by atoms with E-state index < -0.39 is 0 Å². The minimum absolute atomic E-state index is 0.134. The number of hydrogen-bond acceptors (Lipinski definition) is 0. The molecule has 0 radical (unpaired) electrons. The lowest BCUT2D eigenvalue weighted by Gasteiger charge is -1.99. The summed E-state index contributed by atoms with van der Waals surface area (Å²) < 4.78 is 13.5. The zero-order valence-corrected chi connectivity index (χ0v) is 7.28. The maximum absolute atomic E-state index is 13.0. The molecule has 0 N–H and O–H groups in total. The summed E-state index contributed by atoms with van der Waals surface area (Å²) in [5.41, 5.74) is 0.759. The summed E-state index contributed by atoms with van der Waals surface area (Å²) in [6.45, 7) is 0. The van der Waals surface area contributed by atoms with Gasteiger partial charge in [0.15, 0.2) is 0 Å². The molecular weight excluding hydrogens is 194 g/mol. The number of rotatable bonds is 1. The molecule has 1 rings (SSSR count). The predicted molar refractivity (Wildman–Crippen MR) is 46.3 cm³/mol. The van der Waals surface area contributed by atoms with Gasteiger partial charge in [0.1, 0.15) is 13.7 Å². The van der Waals surface area contributed by atoms with Gasteiger partial charge in [-0.05, 0) is 27.6 Å². The van der Waals surface area contributed by atoms with Crippen LogP contribution >= 0.6 is 15.9 Å². The van der Waals surface area contributed by atoms with Gasteiger partial charge in [0.25, 0.3) is 0 Å². The Morgan fingerprint density at radius 1 is 1.50 bits per heavy atom. The highest BCUT2D eigenvalue weighted by Crippen LogP contribution is 2.17. The highest BCUT2D eigenvalue weighted by Gasteiger charge is 2.01. The van der Waals surface area contributed by atoms with Gasteiger partial charge >= 0.3 is 0 Å². The van der Waals surface area contributed by atoms with E-state index in [0.29, 0.717) is 4.47 Å². The first-order chi connectivity index (χ1) is 4.75. The van der Waals surface area contributed by atoms with Gasteiger partial charge in [-0.3, -0.25) is 0 Å². The van der Waals surface area contributed by atoms with Crippen molar-refractivity contribution < 1.29 is 4.39 Å². The number of hydrogen-bond donors (Lipinski definition) is 0. The molecule has 0 saturated heterocycles. The molecule has 0 saturated carbocycles. The molecule has 0 heterocycles. The molecule has 0 atom stereocenters. The second kappa shape index (κ2) is 3.19. The lowest BCUT2D eigenvalue weighted by molar-refractivity contribution is 0.610. The first-order valence-corrected chi connectivity index (χ1v) is 3.98. The number of halogens is 2. The lowest BCUT2D eigenvalue weighted by Crippen LogP contribution is -1.89. The average molecular weight is 201 g/mol. The van der Waals surface area contributed by atoms with Crippen molar-refractivity contribution in [3.63, 3.8) is 0 Å². The fourth-order valence-corrected chi connectivity index (χ4v) is 1.23. The summed E-state index contributed by atoms with van der Waals surface area (Å²) in [5, 5.41) is 0. The molecule has 0 fully saturated rings. The Kier molecular flexibility index (Phi) is 2.49. The molecule has 1 aromatic rings. The third kappa shape index (κ3) is 1.40. The molecule has 10 heavy (non-hydrogen) atoms. The van der Waals surface area contributed by atoms with Gasteiger partial charge in [0.05, 0.1) is 4.47 Å². The van der Waals surface area contributed by atoms with Crippen LogP contribution in [0, 0.1) is 5.82 Å². The molecule has 0 aliphatic heterocycles. The van der Waals surface area contributed by atoms with Gasteiger partial charge in [-0.1, -0.05) is 18.5 Å².